The molecule has 0 unspecified atom stereocenters. The Morgan fingerprint density at radius 2 is 1.71 bits per heavy atom. The molecule has 0 spiro atoms. The first kappa shape index (κ1) is 20.5. The number of halogens is 1. The number of carbonyl (C=O) groups excluding carboxylic acids is 1. The van der Waals surface area contributed by atoms with Gasteiger partial charge in [0.05, 0.1) is 5.75 Å². The predicted octanol–water partition coefficient (Wildman–Crippen LogP) is 0.997. The summed E-state index contributed by atoms with van der Waals surface area (Å²) in [5.41, 5.74) is 1.26. The Bertz CT molecular complexity index is 728. The molecule has 0 aliphatic carbocycles. The first-order valence-electron chi connectivity index (χ1n) is 7.21. The molecule has 6 heteroatoms. The maximum atomic E-state index is 12.3. The van der Waals surface area contributed by atoms with E-state index in [9.17, 15) is 10.1 Å². The summed E-state index contributed by atoms with van der Waals surface area (Å²) in [6.07, 6.45) is 3.68. The third-order valence-corrected chi connectivity index (χ3v) is 5.29. The van der Waals surface area contributed by atoms with Crippen molar-refractivity contribution in [1.82, 2.24) is 0 Å². The van der Waals surface area contributed by atoms with Crippen molar-refractivity contribution in [2.75, 3.05) is 11.5 Å². The number of ketones is 1. The van der Waals surface area contributed by atoms with Crippen LogP contribution >= 0.6 is 23.5 Å². The number of Topliss-reactive ketones (excluding diaryl/α,β-unsaturated/α-hetero) is 1. The van der Waals surface area contributed by atoms with Crippen molar-refractivity contribution < 1.29 is 26.3 Å². The molecule has 0 aliphatic rings. The average Bonchev–Trinajstić information content (AvgIpc) is 2.61. The number of nitriles is 1. The van der Waals surface area contributed by atoms with Crippen LogP contribution in [0.15, 0.2) is 65.2 Å². The Hall–Kier alpha value is -1.55. The standard InChI is InChI=1S/C18H17N2OS2.BrH/c1-2-22-18(16(13-19)20-11-7-4-8-12-20)23-14-17(21)15-9-5-3-6-10-15;/h3-12H,2,14H2,1H3;1H/q+1;/p-1/b18-16-;. The summed E-state index contributed by atoms with van der Waals surface area (Å²) in [7, 11) is 0. The van der Waals surface area contributed by atoms with Gasteiger partial charge >= 0.3 is 5.70 Å². The summed E-state index contributed by atoms with van der Waals surface area (Å²) >= 11 is 3.01. The first-order valence-corrected chi connectivity index (χ1v) is 9.18. The SMILES string of the molecule is CCS/C(SCC(=O)c1ccccc1)=C(\C#N)[n+]1ccccc1.[Br-]. The highest BCUT2D eigenvalue weighted by atomic mass is 79.9. The summed E-state index contributed by atoms with van der Waals surface area (Å²) in [6, 6.07) is 17.2. The molecule has 1 aromatic carbocycles. The lowest BCUT2D eigenvalue weighted by Crippen LogP contribution is -3.00. The van der Waals surface area contributed by atoms with Crippen molar-refractivity contribution in [2.45, 2.75) is 6.92 Å². The van der Waals surface area contributed by atoms with Crippen molar-refractivity contribution in [3.8, 4) is 6.07 Å². The fraction of sp³-hybridized carbons (Fsp3) is 0.167. The third-order valence-electron chi connectivity index (χ3n) is 2.98. The molecule has 3 nitrogen and oxygen atoms in total. The van der Waals surface area contributed by atoms with E-state index in [1.165, 1.54) is 11.8 Å². The molecule has 0 saturated heterocycles. The minimum Gasteiger partial charge on any atom is -1.00 e. The van der Waals surface area contributed by atoms with Gasteiger partial charge in [0, 0.05) is 17.7 Å². The Morgan fingerprint density at radius 3 is 2.29 bits per heavy atom. The third kappa shape index (κ3) is 5.82. The number of aromatic nitrogens is 1. The minimum atomic E-state index is 0. The Balaban J connectivity index is 0.00000288. The number of hydrogen-bond acceptors (Lipinski definition) is 4. The molecule has 2 aromatic rings. The molecule has 24 heavy (non-hydrogen) atoms. The van der Waals surface area contributed by atoms with Crippen LogP contribution in [0.25, 0.3) is 5.70 Å². The summed E-state index contributed by atoms with van der Waals surface area (Å²) in [4.78, 5) is 12.3. The van der Waals surface area contributed by atoms with Gasteiger partial charge in [-0.2, -0.15) is 9.83 Å². The number of carbonyl (C=O) groups is 1. The lowest BCUT2D eigenvalue weighted by atomic mass is 10.2. The van der Waals surface area contributed by atoms with Gasteiger partial charge in [0.25, 0.3) is 0 Å². The molecule has 1 heterocycles. The maximum absolute atomic E-state index is 12.3. The quantitative estimate of drug-likeness (QED) is 0.380. The molecule has 0 N–H and O–H groups in total. The number of nitrogens with zero attached hydrogens (tertiary/aromatic N) is 2. The van der Waals surface area contributed by atoms with Gasteiger partial charge in [-0.1, -0.05) is 43.3 Å². The van der Waals surface area contributed by atoms with Crippen molar-refractivity contribution in [3.63, 3.8) is 0 Å². The normalized spacial score (nSPS) is 11.0. The average molecular weight is 421 g/mol. The second kappa shape index (κ2) is 11.1. The zero-order valence-electron chi connectivity index (χ0n) is 13.2. The van der Waals surface area contributed by atoms with Crippen LogP contribution in [0.1, 0.15) is 17.3 Å². The first-order chi connectivity index (χ1) is 11.3. The van der Waals surface area contributed by atoms with E-state index in [0.29, 0.717) is 17.0 Å². The van der Waals surface area contributed by atoms with E-state index in [0.717, 1.165) is 9.99 Å². The van der Waals surface area contributed by atoms with Gasteiger partial charge in [-0.25, -0.2) is 0 Å². The van der Waals surface area contributed by atoms with Gasteiger partial charge < -0.3 is 17.0 Å². The van der Waals surface area contributed by atoms with E-state index in [1.54, 1.807) is 16.3 Å². The topological polar surface area (TPSA) is 44.7 Å². The molecule has 0 radical (unpaired) electrons. The second-order valence-electron chi connectivity index (χ2n) is 4.54. The highest BCUT2D eigenvalue weighted by molar-refractivity contribution is 8.22. The van der Waals surface area contributed by atoms with Gasteiger partial charge in [0.2, 0.25) is 0 Å². The molecule has 0 atom stereocenters. The molecule has 0 fully saturated rings. The van der Waals surface area contributed by atoms with Crippen LogP contribution in [0.3, 0.4) is 0 Å². The molecule has 0 saturated carbocycles. The van der Waals surface area contributed by atoms with E-state index >= 15 is 0 Å². The Labute approximate surface area is 161 Å². The van der Waals surface area contributed by atoms with E-state index in [-0.39, 0.29) is 22.8 Å². The fourth-order valence-corrected chi connectivity index (χ4v) is 4.03. The fourth-order valence-electron chi connectivity index (χ4n) is 1.90. The number of allylic oxidation sites excluding steroid dienone is 1. The van der Waals surface area contributed by atoms with Crippen molar-refractivity contribution in [3.05, 3.63) is 70.7 Å². The van der Waals surface area contributed by atoms with Gasteiger partial charge in [-0.3, -0.25) is 4.79 Å². The molecular formula is C18H17BrN2OS2. The summed E-state index contributed by atoms with van der Waals surface area (Å²) in [5.74, 6) is 1.24. The molecule has 0 bridgehead atoms. The highest BCUT2D eigenvalue weighted by Gasteiger charge is 2.18. The zero-order chi connectivity index (χ0) is 16.5. The molecule has 1 aromatic heterocycles. The summed E-state index contributed by atoms with van der Waals surface area (Å²) in [6.45, 7) is 2.04. The molecule has 2 rings (SSSR count). The van der Waals surface area contributed by atoms with E-state index in [1.807, 2.05) is 67.8 Å². The second-order valence-corrected chi connectivity index (χ2v) is 7.06. The van der Waals surface area contributed by atoms with E-state index in [4.69, 9.17) is 0 Å². The van der Waals surface area contributed by atoms with Crippen LogP contribution in [0, 0.1) is 11.3 Å². The van der Waals surface area contributed by atoms with Crippen LogP contribution < -0.4 is 21.5 Å². The lowest BCUT2D eigenvalue weighted by molar-refractivity contribution is -0.577. The maximum Gasteiger partial charge on any atom is 0.308 e. The van der Waals surface area contributed by atoms with Crippen LogP contribution in [0.4, 0.5) is 0 Å². The molecule has 0 aliphatic heterocycles. The van der Waals surface area contributed by atoms with Crippen LogP contribution in [0.2, 0.25) is 0 Å². The van der Waals surface area contributed by atoms with Crippen LogP contribution in [-0.2, 0) is 0 Å². The van der Waals surface area contributed by atoms with Gasteiger partial charge in [-0.15, -0.1) is 23.5 Å². The largest absolute Gasteiger partial charge is 1.00 e. The zero-order valence-corrected chi connectivity index (χ0v) is 16.4. The van der Waals surface area contributed by atoms with E-state index in [2.05, 4.69) is 6.07 Å². The highest BCUT2D eigenvalue weighted by Crippen LogP contribution is 2.32. The Morgan fingerprint density at radius 1 is 1.08 bits per heavy atom. The number of thioether (sulfide) groups is 2. The monoisotopic (exact) mass is 420 g/mol. The minimum absolute atomic E-state index is 0. The van der Waals surface area contributed by atoms with Crippen molar-refractivity contribution in [2.24, 2.45) is 0 Å². The van der Waals surface area contributed by atoms with Gasteiger partial charge in [-0.05, 0) is 5.75 Å². The van der Waals surface area contributed by atoms with Crippen LogP contribution in [-0.4, -0.2) is 17.3 Å². The van der Waals surface area contributed by atoms with E-state index < -0.39 is 0 Å². The summed E-state index contributed by atoms with van der Waals surface area (Å²) < 4.78 is 2.66. The number of hydrogen-bond donors (Lipinski definition) is 0. The number of rotatable bonds is 7. The molecule has 124 valence electrons. The summed E-state index contributed by atoms with van der Waals surface area (Å²) in [5, 5.41) is 9.52. The van der Waals surface area contributed by atoms with Crippen molar-refractivity contribution in [1.29, 1.82) is 5.26 Å². The van der Waals surface area contributed by atoms with Gasteiger partial charge in [0.1, 0.15) is 4.24 Å². The lowest BCUT2D eigenvalue weighted by Gasteiger charge is -2.05. The Kier molecular flexibility index (Phi) is 9.46. The smallest absolute Gasteiger partial charge is 0.308 e. The van der Waals surface area contributed by atoms with Crippen molar-refractivity contribution >= 4 is 35.0 Å². The van der Waals surface area contributed by atoms with Crippen LogP contribution in [0.5, 0.6) is 0 Å². The molecular weight excluding hydrogens is 404 g/mol. The predicted molar refractivity (Wildman–Crippen MR) is 96.8 cm³/mol. The number of pyridine rings is 1. The number of benzene rings is 1. The van der Waals surface area contributed by atoms with Gasteiger partial charge in [0.15, 0.2) is 24.2 Å². The molecule has 0 amide bonds.